The van der Waals surface area contributed by atoms with E-state index in [0.29, 0.717) is 0 Å². The van der Waals surface area contributed by atoms with Crippen molar-refractivity contribution in [3.8, 4) is 0 Å². The van der Waals surface area contributed by atoms with Gasteiger partial charge in [-0.1, -0.05) is 103 Å². The molecule has 0 aliphatic carbocycles. The molecule has 1 heteroatoms. The lowest BCUT2D eigenvalue weighted by atomic mass is 10.0. The molecule has 1 nitrogen and oxygen atoms in total. The van der Waals surface area contributed by atoms with Crippen LogP contribution in [0.2, 0.25) is 0 Å². The number of hydrogen-bond donors (Lipinski definition) is 0. The molecule has 1 heterocycles. The Bertz CT molecular complexity index is 346. The number of rotatable bonds is 17. The number of aryl methyl sites for hydroxylation is 1. The first-order valence-corrected chi connectivity index (χ1v) is 10.7. The maximum atomic E-state index is 4.35. The van der Waals surface area contributed by atoms with Gasteiger partial charge in [0.15, 0.2) is 0 Å². The SMILES string of the molecule is CCCCCCCCCCCCCCCCCCc1c[c]ccn1. The van der Waals surface area contributed by atoms with E-state index in [1.807, 2.05) is 18.3 Å². The van der Waals surface area contributed by atoms with Crippen LogP contribution in [0.4, 0.5) is 0 Å². The molecule has 0 amide bonds. The van der Waals surface area contributed by atoms with Crippen LogP contribution in [0.1, 0.15) is 115 Å². The molecule has 1 aromatic heterocycles. The van der Waals surface area contributed by atoms with Crippen molar-refractivity contribution >= 4 is 0 Å². The molecule has 0 atom stereocenters. The Morgan fingerprint density at radius 2 is 1.12 bits per heavy atom. The molecule has 0 unspecified atom stereocenters. The third-order valence-electron chi connectivity index (χ3n) is 4.95. The van der Waals surface area contributed by atoms with Crippen LogP contribution in [-0.2, 0) is 6.42 Å². The Morgan fingerprint density at radius 1 is 0.667 bits per heavy atom. The fraction of sp³-hybridized carbons (Fsp3) is 0.783. The number of pyridine rings is 1. The van der Waals surface area contributed by atoms with Crippen LogP contribution >= 0.6 is 0 Å². The summed E-state index contributed by atoms with van der Waals surface area (Å²) in [4.78, 5) is 4.35. The second-order valence-corrected chi connectivity index (χ2v) is 7.30. The third kappa shape index (κ3) is 13.6. The molecule has 1 radical (unpaired) electrons. The Balaban J connectivity index is 1.70. The molecule has 1 rings (SSSR count). The summed E-state index contributed by atoms with van der Waals surface area (Å²) in [5.74, 6) is 0. The van der Waals surface area contributed by atoms with Crippen LogP contribution in [0.5, 0.6) is 0 Å². The van der Waals surface area contributed by atoms with Gasteiger partial charge in [-0.05, 0) is 31.0 Å². The average molecular weight is 331 g/mol. The molecule has 1 aromatic rings. The molecule has 0 aromatic carbocycles. The topological polar surface area (TPSA) is 12.9 Å². The van der Waals surface area contributed by atoms with E-state index >= 15 is 0 Å². The van der Waals surface area contributed by atoms with Crippen molar-refractivity contribution in [3.05, 3.63) is 30.1 Å². The maximum absolute atomic E-state index is 4.35. The third-order valence-corrected chi connectivity index (χ3v) is 4.95. The molecule has 0 saturated heterocycles. The molecular weight excluding hydrogens is 290 g/mol. The Hall–Kier alpha value is -0.850. The number of aromatic nitrogens is 1. The second kappa shape index (κ2) is 17.0. The molecule has 0 aliphatic rings. The van der Waals surface area contributed by atoms with Gasteiger partial charge in [-0.25, -0.2) is 0 Å². The Kier molecular flexibility index (Phi) is 15.0. The first-order valence-electron chi connectivity index (χ1n) is 10.7. The molecular formula is C23H40N. The monoisotopic (exact) mass is 330 g/mol. The fourth-order valence-corrected chi connectivity index (χ4v) is 3.35. The Labute approximate surface area is 151 Å². The molecule has 0 aliphatic heterocycles. The van der Waals surface area contributed by atoms with Gasteiger partial charge >= 0.3 is 0 Å². The van der Waals surface area contributed by atoms with E-state index in [9.17, 15) is 0 Å². The molecule has 24 heavy (non-hydrogen) atoms. The highest BCUT2D eigenvalue weighted by Gasteiger charge is 1.96. The summed E-state index contributed by atoms with van der Waals surface area (Å²) in [6.45, 7) is 2.29. The van der Waals surface area contributed by atoms with E-state index < -0.39 is 0 Å². The Morgan fingerprint density at radius 3 is 1.54 bits per heavy atom. The van der Waals surface area contributed by atoms with Gasteiger partial charge in [0.25, 0.3) is 0 Å². The van der Waals surface area contributed by atoms with Gasteiger partial charge in [0.1, 0.15) is 0 Å². The van der Waals surface area contributed by atoms with Gasteiger partial charge in [0, 0.05) is 11.9 Å². The molecule has 0 spiro atoms. The summed E-state index contributed by atoms with van der Waals surface area (Å²) in [6.07, 6.45) is 25.8. The summed E-state index contributed by atoms with van der Waals surface area (Å²) in [5, 5.41) is 0. The van der Waals surface area contributed by atoms with Gasteiger partial charge in [-0.2, -0.15) is 0 Å². The van der Waals surface area contributed by atoms with Gasteiger partial charge in [-0.3, -0.25) is 4.98 Å². The molecule has 0 N–H and O–H groups in total. The van der Waals surface area contributed by atoms with Crippen LogP contribution in [0, 0.1) is 6.07 Å². The van der Waals surface area contributed by atoms with Crippen molar-refractivity contribution in [1.29, 1.82) is 0 Å². The smallest absolute Gasteiger partial charge is 0.0409 e. The van der Waals surface area contributed by atoms with Gasteiger partial charge in [0.2, 0.25) is 0 Å². The minimum atomic E-state index is 1.12. The largest absolute Gasteiger partial charge is 0.261 e. The zero-order chi connectivity index (χ0) is 17.1. The van der Waals surface area contributed by atoms with Crippen molar-refractivity contribution in [2.75, 3.05) is 0 Å². The molecule has 137 valence electrons. The first kappa shape index (κ1) is 21.2. The van der Waals surface area contributed by atoms with E-state index in [2.05, 4.69) is 18.0 Å². The summed E-state index contributed by atoms with van der Waals surface area (Å²) in [7, 11) is 0. The fourth-order valence-electron chi connectivity index (χ4n) is 3.35. The lowest BCUT2D eigenvalue weighted by Crippen LogP contribution is -1.89. The zero-order valence-corrected chi connectivity index (χ0v) is 16.2. The van der Waals surface area contributed by atoms with Crippen LogP contribution in [0.25, 0.3) is 0 Å². The summed E-state index contributed by atoms with van der Waals surface area (Å²) in [6, 6.07) is 6.99. The van der Waals surface area contributed by atoms with Gasteiger partial charge in [-0.15, -0.1) is 0 Å². The maximum Gasteiger partial charge on any atom is 0.0409 e. The van der Waals surface area contributed by atoms with Crippen molar-refractivity contribution in [1.82, 2.24) is 4.98 Å². The quantitative estimate of drug-likeness (QED) is 0.267. The second-order valence-electron chi connectivity index (χ2n) is 7.30. The highest BCUT2D eigenvalue weighted by atomic mass is 14.7. The minimum Gasteiger partial charge on any atom is -0.261 e. The highest BCUT2D eigenvalue weighted by Crippen LogP contribution is 2.14. The molecule has 0 bridgehead atoms. The predicted molar refractivity (Wildman–Crippen MR) is 106 cm³/mol. The normalized spacial score (nSPS) is 11.0. The van der Waals surface area contributed by atoms with E-state index in [4.69, 9.17) is 0 Å². The predicted octanol–water partition coefficient (Wildman–Crippen LogP) is 7.69. The van der Waals surface area contributed by atoms with E-state index in [1.165, 1.54) is 108 Å². The lowest BCUT2D eigenvalue weighted by Gasteiger charge is -2.03. The van der Waals surface area contributed by atoms with Crippen LogP contribution in [-0.4, -0.2) is 4.98 Å². The van der Waals surface area contributed by atoms with Crippen LogP contribution in [0.3, 0.4) is 0 Å². The van der Waals surface area contributed by atoms with Crippen molar-refractivity contribution in [2.24, 2.45) is 0 Å². The highest BCUT2D eigenvalue weighted by molar-refractivity contribution is 5.01. The number of hydrogen-bond acceptors (Lipinski definition) is 1. The van der Waals surface area contributed by atoms with Crippen LogP contribution in [0.15, 0.2) is 18.3 Å². The number of nitrogens with zero attached hydrogens (tertiary/aromatic N) is 1. The molecule has 0 saturated carbocycles. The van der Waals surface area contributed by atoms with Gasteiger partial charge < -0.3 is 0 Å². The van der Waals surface area contributed by atoms with Crippen molar-refractivity contribution in [2.45, 2.75) is 116 Å². The summed E-state index contributed by atoms with van der Waals surface area (Å²) >= 11 is 0. The lowest BCUT2D eigenvalue weighted by molar-refractivity contribution is 0.529. The summed E-state index contributed by atoms with van der Waals surface area (Å²) < 4.78 is 0. The van der Waals surface area contributed by atoms with Gasteiger partial charge in [0.05, 0.1) is 0 Å². The van der Waals surface area contributed by atoms with E-state index in [-0.39, 0.29) is 0 Å². The first-order chi connectivity index (χ1) is 11.9. The molecule has 0 fully saturated rings. The minimum absolute atomic E-state index is 1.12. The summed E-state index contributed by atoms with van der Waals surface area (Å²) in [5.41, 5.74) is 1.20. The average Bonchev–Trinajstić information content (AvgIpc) is 2.62. The van der Waals surface area contributed by atoms with E-state index in [0.717, 1.165) is 6.42 Å². The van der Waals surface area contributed by atoms with Crippen LogP contribution < -0.4 is 0 Å². The van der Waals surface area contributed by atoms with Crippen molar-refractivity contribution < 1.29 is 0 Å². The zero-order valence-electron chi connectivity index (χ0n) is 16.2. The number of unbranched alkanes of at least 4 members (excludes halogenated alkanes) is 15. The van der Waals surface area contributed by atoms with Crippen molar-refractivity contribution in [3.63, 3.8) is 0 Å². The standard InChI is InChI=1S/C23H40N/c1-2-3-4-5-6-7-8-9-10-11-12-13-14-15-16-17-20-23-21-18-19-22-24-23/h19,21-22H,2-17,20H2,1H3. The van der Waals surface area contributed by atoms with E-state index in [1.54, 1.807) is 0 Å².